The first-order chi connectivity index (χ1) is 15.9. The quantitative estimate of drug-likeness (QED) is 0.325. The van der Waals surface area contributed by atoms with E-state index in [0.717, 1.165) is 42.4 Å². The van der Waals surface area contributed by atoms with Crippen LogP contribution >= 0.6 is 0 Å². The summed E-state index contributed by atoms with van der Waals surface area (Å²) < 4.78 is 0. The number of phenols is 1. The van der Waals surface area contributed by atoms with Crippen LogP contribution in [-0.4, -0.2) is 50.8 Å². The monoisotopic (exact) mass is 451 g/mol. The van der Waals surface area contributed by atoms with E-state index in [2.05, 4.69) is 0 Å². The fourth-order valence-corrected chi connectivity index (χ4v) is 4.29. The van der Waals surface area contributed by atoms with Gasteiger partial charge in [0.15, 0.2) is 0 Å². The number of hydrogen-bond acceptors (Lipinski definition) is 4. The van der Waals surface area contributed by atoms with Gasteiger partial charge in [-0.3, -0.25) is 9.59 Å². The fraction of sp³-hybridized carbons (Fsp3) is 0.407. The van der Waals surface area contributed by atoms with Crippen molar-refractivity contribution in [3.05, 3.63) is 66.2 Å². The third kappa shape index (κ3) is 7.75. The highest BCUT2D eigenvalue weighted by Crippen LogP contribution is 2.25. The van der Waals surface area contributed by atoms with E-state index >= 15 is 0 Å². The lowest BCUT2D eigenvalue weighted by atomic mass is 9.99. The molecule has 2 aromatic rings. The van der Waals surface area contributed by atoms with Crippen molar-refractivity contribution in [3.63, 3.8) is 0 Å². The molecule has 0 unspecified atom stereocenters. The van der Waals surface area contributed by atoms with Crippen LogP contribution in [0.25, 0.3) is 11.1 Å². The average molecular weight is 452 g/mol. The smallest absolute Gasteiger partial charge is 0.303 e. The van der Waals surface area contributed by atoms with Gasteiger partial charge in [0.1, 0.15) is 5.75 Å². The number of carboxylic acid groups (broad SMARTS) is 1. The van der Waals surface area contributed by atoms with E-state index in [9.17, 15) is 19.8 Å². The van der Waals surface area contributed by atoms with E-state index in [1.807, 2.05) is 41.3 Å². The topological polar surface area (TPSA) is 98.1 Å². The van der Waals surface area contributed by atoms with Crippen LogP contribution in [-0.2, 0) is 16.0 Å². The summed E-state index contributed by atoms with van der Waals surface area (Å²) in [7, 11) is 0. The normalized spacial score (nSPS) is 17.1. The first-order valence-corrected chi connectivity index (χ1v) is 11.7. The van der Waals surface area contributed by atoms with Gasteiger partial charge in [-0.2, -0.15) is 0 Å². The number of carboxylic acids is 1. The van der Waals surface area contributed by atoms with E-state index in [0.29, 0.717) is 25.8 Å². The average Bonchev–Trinajstić information content (AvgIpc) is 3.14. The third-order valence-electron chi connectivity index (χ3n) is 6.02. The van der Waals surface area contributed by atoms with Crippen molar-refractivity contribution in [1.29, 1.82) is 0 Å². The highest BCUT2D eigenvalue weighted by atomic mass is 16.4. The van der Waals surface area contributed by atoms with Crippen molar-refractivity contribution >= 4 is 11.9 Å². The van der Waals surface area contributed by atoms with E-state index in [4.69, 9.17) is 5.11 Å². The molecule has 1 amide bonds. The predicted octanol–water partition coefficient (Wildman–Crippen LogP) is 4.54. The second-order valence-corrected chi connectivity index (χ2v) is 8.66. The van der Waals surface area contributed by atoms with Gasteiger partial charge < -0.3 is 20.2 Å². The Morgan fingerprint density at radius 1 is 1.06 bits per heavy atom. The maximum atomic E-state index is 12.3. The van der Waals surface area contributed by atoms with Crippen LogP contribution in [0.2, 0.25) is 0 Å². The van der Waals surface area contributed by atoms with Gasteiger partial charge in [0.25, 0.3) is 0 Å². The zero-order chi connectivity index (χ0) is 23.6. The lowest BCUT2D eigenvalue weighted by Crippen LogP contribution is -2.32. The minimum Gasteiger partial charge on any atom is -0.508 e. The molecule has 33 heavy (non-hydrogen) atoms. The Kier molecular flexibility index (Phi) is 9.07. The fourth-order valence-electron chi connectivity index (χ4n) is 4.29. The molecule has 1 heterocycles. The van der Waals surface area contributed by atoms with Crippen molar-refractivity contribution < 1.29 is 24.9 Å². The Morgan fingerprint density at radius 2 is 1.79 bits per heavy atom. The second-order valence-electron chi connectivity index (χ2n) is 8.66. The zero-order valence-corrected chi connectivity index (χ0v) is 18.9. The first kappa shape index (κ1) is 24.5. The van der Waals surface area contributed by atoms with Gasteiger partial charge >= 0.3 is 5.97 Å². The maximum Gasteiger partial charge on any atom is 0.303 e. The number of rotatable bonds is 12. The molecule has 6 nitrogen and oxygen atoms in total. The number of aliphatic hydroxyl groups excluding tert-OH is 1. The lowest BCUT2D eigenvalue weighted by Gasteiger charge is -2.22. The maximum absolute atomic E-state index is 12.3. The van der Waals surface area contributed by atoms with Gasteiger partial charge in [-0.05, 0) is 48.1 Å². The minimum absolute atomic E-state index is 0.00444. The lowest BCUT2D eigenvalue weighted by molar-refractivity contribution is -0.137. The summed E-state index contributed by atoms with van der Waals surface area (Å²) in [5, 5.41) is 29.0. The SMILES string of the molecule is O=C(O)CCCCCCN1C(=O)CC[C@@H]1/C=C/[C@@H](O)Cc1cccc(-c2cccc(O)c2)c1. The number of aliphatic hydroxyl groups is 1. The number of benzene rings is 2. The number of carbonyl (C=O) groups excluding carboxylic acids is 1. The Bertz CT molecular complexity index is 970. The van der Waals surface area contributed by atoms with Crippen LogP contribution in [0.1, 0.15) is 50.5 Å². The molecular formula is C27H33NO5. The van der Waals surface area contributed by atoms with Crippen molar-refractivity contribution in [1.82, 2.24) is 4.90 Å². The molecule has 3 rings (SSSR count). The minimum atomic E-state index is -0.764. The number of likely N-dealkylation sites (tertiary alicyclic amines) is 1. The van der Waals surface area contributed by atoms with Gasteiger partial charge in [0.2, 0.25) is 5.91 Å². The number of aliphatic carboxylic acids is 1. The number of phenolic OH excluding ortho intramolecular Hbond substituents is 1. The molecule has 2 atom stereocenters. The van der Waals surface area contributed by atoms with Crippen LogP contribution in [0.4, 0.5) is 0 Å². The van der Waals surface area contributed by atoms with Gasteiger partial charge in [-0.15, -0.1) is 0 Å². The Morgan fingerprint density at radius 3 is 2.55 bits per heavy atom. The zero-order valence-electron chi connectivity index (χ0n) is 18.9. The summed E-state index contributed by atoms with van der Waals surface area (Å²) in [4.78, 5) is 24.7. The number of carbonyl (C=O) groups is 2. The molecule has 176 valence electrons. The second kappa shape index (κ2) is 12.2. The van der Waals surface area contributed by atoms with Crippen LogP contribution in [0.5, 0.6) is 5.75 Å². The molecule has 1 aliphatic rings. The van der Waals surface area contributed by atoms with Crippen LogP contribution in [0.3, 0.4) is 0 Å². The molecule has 1 fully saturated rings. The van der Waals surface area contributed by atoms with Crippen molar-refractivity contribution in [2.45, 2.75) is 63.5 Å². The summed E-state index contributed by atoms with van der Waals surface area (Å²) in [6.07, 6.45) is 8.31. The highest BCUT2D eigenvalue weighted by molar-refractivity contribution is 5.79. The van der Waals surface area contributed by atoms with Gasteiger partial charge in [-0.1, -0.05) is 61.4 Å². The van der Waals surface area contributed by atoms with E-state index in [1.165, 1.54) is 0 Å². The number of hydrogen-bond donors (Lipinski definition) is 3. The summed E-state index contributed by atoms with van der Waals surface area (Å²) in [5.41, 5.74) is 2.90. The van der Waals surface area contributed by atoms with E-state index < -0.39 is 12.1 Å². The Balaban J connectivity index is 1.51. The van der Waals surface area contributed by atoms with Crippen LogP contribution in [0.15, 0.2) is 60.7 Å². The Labute approximate surface area is 195 Å². The number of amides is 1. The molecule has 0 radical (unpaired) electrons. The third-order valence-corrected chi connectivity index (χ3v) is 6.02. The molecule has 6 heteroatoms. The number of unbranched alkanes of at least 4 members (excludes halogenated alkanes) is 3. The van der Waals surface area contributed by atoms with E-state index in [-0.39, 0.29) is 24.1 Å². The van der Waals surface area contributed by atoms with Crippen LogP contribution in [0, 0.1) is 0 Å². The molecule has 1 aliphatic heterocycles. The van der Waals surface area contributed by atoms with Gasteiger partial charge in [-0.25, -0.2) is 0 Å². The van der Waals surface area contributed by atoms with Crippen molar-refractivity contribution in [2.24, 2.45) is 0 Å². The predicted molar refractivity (Wildman–Crippen MR) is 128 cm³/mol. The number of nitrogens with zero attached hydrogens (tertiary/aromatic N) is 1. The van der Waals surface area contributed by atoms with Gasteiger partial charge in [0, 0.05) is 25.8 Å². The number of aromatic hydroxyl groups is 1. The standard InChI is InChI=1S/C27H33NO5/c29-24-10-6-9-22(19-24)21-8-5-7-20(17-21)18-25(30)14-12-23-13-15-26(31)28(23)16-4-2-1-3-11-27(32)33/h5-10,12,14,17,19,23,25,29-30H,1-4,11,13,15-16,18H2,(H,32,33)/b14-12+/t23-,25+/m0/s1. The van der Waals surface area contributed by atoms with Crippen LogP contribution < -0.4 is 0 Å². The molecule has 0 spiro atoms. The molecule has 3 N–H and O–H groups in total. The largest absolute Gasteiger partial charge is 0.508 e. The molecule has 2 aromatic carbocycles. The van der Waals surface area contributed by atoms with Gasteiger partial charge in [0.05, 0.1) is 12.1 Å². The molecular weight excluding hydrogens is 418 g/mol. The van der Waals surface area contributed by atoms with Crippen molar-refractivity contribution in [2.75, 3.05) is 6.54 Å². The molecule has 0 aromatic heterocycles. The Hall–Kier alpha value is -3.12. The highest BCUT2D eigenvalue weighted by Gasteiger charge is 2.28. The first-order valence-electron chi connectivity index (χ1n) is 11.7. The molecule has 0 bridgehead atoms. The summed E-state index contributed by atoms with van der Waals surface area (Å²) in [6.45, 7) is 0.670. The molecule has 0 aliphatic carbocycles. The summed E-state index contributed by atoms with van der Waals surface area (Å²) >= 11 is 0. The van der Waals surface area contributed by atoms with Crippen molar-refractivity contribution in [3.8, 4) is 16.9 Å². The summed E-state index contributed by atoms with van der Waals surface area (Å²) in [5.74, 6) is -0.403. The van der Waals surface area contributed by atoms with E-state index in [1.54, 1.807) is 24.3 Å². The molecule has 0 saturated carbocycles. The summed E-state index contributed by atoms with van der Waals surface area (Å²) in [6, 6.07) is 15.0. The molecule has 1 saturated heterocycles.